The van der Waals surface area contributed by atoms with Crippen molar-refractivity contribution in [2.75, 3.05) is 0 Å². The van der Waals surface area contributed by atoms with E-state index in [4.69, 9.17) is 0 Å². The van der Waals surface area contributed by atoms with Crippen LogP contribution in [0.2, 0.25) is 0 Å². The average Bonchev–Trinajstić information content (AvgIpc) is 2.39. The minimum atomic E-state index is -0.476. The van der Waals surface area contributed by atoms with E-state index in [9.17, 15) is 14.9 Å². The molecule has 0 aliphatic heterocycles. The first-order valence-corrected chi connectivity index (χ1v) is 6.24. The number of nitro groups is 1. The first kappa shape index (κ1) is 13.9. The molecule has 6 heteroatoms. The molecule has 0 saturated heterocycles. The van der Waals surface area contributed by atoms with Crippen molar-refractivity contribution < 1.29 is 4.92 Å². The molecule has 0 unspecified atom stereocenters. The van der Waals surface area contributed by atoms with E-state index in [1.54, 1.807) is 32.2 Å². The van der Waals surface area contributed by atoms with Gasteiger partial charge < -0.3 is 4.98 Å². The second kappa shape index (κ2) is 5.24. The van der Waals surface area contributed by atoms with Crippen LogP contribution >= 0.6 is 0 Å². The van der Waals surface area contributed by atoms with Crippen molar-refractivity contribution >= 4 is 5.69 Å². The minimum Gasteiger partial charge on any atom is -0.319 e. The lowest BCUT2D eigenvalue weighted by Crippen LogP contribution is -2.15. The van der Waals surface area contributed by atoms with Gasteiger partial charge in [0.15, 0.2) is 0 Å². The third-order valence-corrected chi connectivity index (χ3v) is 3.05. The molecule has 0 atom stereocenters. The van der Waals surface area contributed by atoms with Crippen molar-refractivity contribution in [3.63, 3.8) is 0 Å². The largest absolute Gasteiger partial charge is 0.319 e. The van der Waals surface area contributed by atoms with Crippen LogP contribution in [0.15, 0.2) is 29.2 Å². The van der Waals surface area contributed by atoms with Gasteiger partial charge in [-0.3, -0.25) is 19.9 Å². The van der Waals surface area contributed by atoms with Crippen LogP contribution in [0.3, 0.4) is 0 Å². The summed E-state index contributed by atoms with van der Waals surface area (Å²) in [5.74, 6) is -0.131. The lowest BCUT2D eigenvalue weighted by molar-refractivity contribution is -0.386. The normalized spacial score (nSPS) is 10.8. The van der Waals surface area contributed by atoms with Crippen molar-refractivity contribution in [1.82, 2.24) is 9.97 Å². The topological polar surface area (TPSA) is 88.9 Å². The predicted octanol–water partition coefficient (Wildman–Crippen LogP) is 2.78. The summed E-state index contributed by atoms with van der Waals surface area (Å²) in [6, 6.07) is 4.81. The second-order valence-corrected chi connectivity index (χ2v) is 4.91. The number of aromatic nitrogens is 2. The van der Waals surface area contributed by atoms with Gasteiger partial charge in [0.1, 0.15) is 0 Å². The Hall–Kier alpha value is -2.50. The monoisotopic (exact) mass is 273 g/mol. The number of aromatic amines is 1. The summed E-state index contributed by atoms with van der Waals surface area (Å²) in [4.78, 5) is 29.5. The fraction of sp³-hybridized carbons (Fsp3) is 0.286. The summed E-state index contributed by atoms with van der Waals surface area (Å²) >= 11 is 0. The van der Waals surface area contributed by atoms with E-state index < -0.39 is 4.92 Å². The van der Waals surface area contributed by atoms with Crippen LogP contribution in [0.5, 0.6) is 0 Å². The van der Waals surface area contributed by atoms with E-state index in [1.807, 2.05) is 6.92 Å². The molecule has 0 saturated carbocycles. The zero-order chi connectivity index (χ0) is 14.9. The van der Waals surface area contributed by atoms with Gasteiger partial charge in [-0.15, -0.1) is 0 Å². The summed E-state index contributed by atoms with van der Waals surface area (Å²) < 4.78 is 0. The molecule has 0 amide bonds. The van der Waals surface area contributed by atoms with E-state index in [-0.39, 0.29) is 22.7 Å². The highest BCUT2D eigenvalue weighted by Gasteiger charge is 2.20. The Morgan fingerprint density at radius 2 is 2.05 bits per heavy atom. The van der Waals surface area contributed by atoms with Gasteiger partial charge in [0.05, 0.1) is 16.2 Å². The summed E-state index contributed by atoms with van der Waals surface area (Å²) in [6.45, 7) is 5.43. The first-order valence-electron chi connectivity index (χ1n) is 6.24. The Morgan fingerprint density at radius 1 is 1.35 bits per heavy atom. The van der Waals surface area contributed by atoms with Crippen molar-refractivity contribution in [2.45, 2.75) is 26.7 Å². The van der Waals surface area contributed by atoms with E-state index in [1.165, 1.54) is 6.07 Å². The highest BCUT2D eigenvalue weighted by molar-refractivity contribution is 5.65. The molecule has 20 heavy (non-hydrogen) atoms. The zero-order valence-corrected chi connectivity index (χ0v) is 11.5. The molecule has 6 nitrogen and oxygen atoms in total. The fourth-order valence-electron chi connectivity index (χ4n) is 1.97. The van der Waals surface area contributed by atoms with Gasteiger partial charge in [-0.05, 0) is 13.0 Å². The molecule has 0 aromatic carbocycles. The van der Waals surface area contributed by atoms with Gasteiger partial charge in [-0.25, -0.2) is 0 Å². The van der Waals surface area contributed by atoms with Crippen LogP contribution in [-0.4, -0.2) is 14.9 Å². The molecule has 0 fully saturated rings. The maximum atomic E-state index is 12.1. The molecule has 0 aliphatic rings. The summed E-state index contributed by atoms with van der Waals surface area (Å²) in [5.41, 5.74) is 1.56. The molecule has 2 rings (SSSR count). The number of hydrogen-bond acceptors (Lipinski definition) is 4. The van der Waals surface area contributed by atoms with Crippen molar-refractivity contribution in [3.05, 3.63) is 56.3 Å². The number of pyridine rings is 2. The van der Waals surface area contributed by atoms with Crippen LogP contribution in [0, 0.1) is 17.0 Å². The minimum absolute atomic E-state index is 0.0739. The Bertz CT molecular complexity index is 703. The molecular formula is C14H15N3O3. The third-order valence-electron chi connectivity index (χ3n) is 3.05. The molecule has 104 valence electrons. The zero-order valence-electron chi connectivity index (χ0n) is 11.5. The number of nitrogens with one attached hydrogen (secondary N) is 1. The van der Waals surface area contributed by atoms with Crippen molar-refractivity contribution in [1.29, 1.82) is 0 Å². The SMILES string of the molecule is Cc1ccc(-c2cc([N+](=O)[O-])c(C(C)C)[nH]c2=O)cn1. The number of aryl methyl sites for hydroxylation is 1. The lowest BCUT2D eigenvalue weighted by atomic mass is 10.0. The van der Waals surface area contributed by atoms with Crippen LogP contribution in [0.1, 0.15) is 31.2 Å². The van der Waals surface area contributed by atoms with E-state index in [2.05, 4.69) is 9.97 Å². The summed E-state index contributed by atoms with van der Waals surface area (Å²) in [5, 5.41) is 11.1. The van der Waals surface area contributed by atoms with Gasteiger partial charge in [0.25, 0.3) is 11.2 Å². The molecule has 0 aliphatic carbocycles. The van der Waals surface area contributed by atoms with Crippen molar-refractivity contribution in [3.8, 4) is 11.1 Å². The Balaban J connectivity index is 2.66. The second-order valence-electron chi connectivity index (χ2n) is 4.91. The number of nitrogens with zero attached hydrogens (tertiary/aromatic N) is 2. The van der Waals surface area contributed by atoms with Crippen LogP contribution in [-0.2, 0) is 0 Å². The maximum Gasteiger partial charge on any atom is 0.289 e. The molecule has 2 aromatic rings. The fourth-order valence-corrected chi connectivity index (χ4v) is 1.97. The molecule has 2 aromatic heterocycles. The molecular weight excluding hydrogens is 258 g/mol. The van der Waals surface area contributed by atoms with Crippen molar-refractivity contribution in [2.24, 2.45) is 0 Å². The molecule has 2 heterocycles. The van der Waals surface area contributed by atoms with Gasteiger partial charge in [0.2, 0.25) is 0 Å². The lowest BCUT2D eigenvalue weighted by Gasteiger charge is -2.08. The van der Waals surface area contributed by atoms with Crippen LogP contribution in [0.4, 0.5) is 5.69 Å². The maximum absolute atomic E-state index is 12.1. The molecule has 0 radical (unpaired) electrons. The van der Waals surface area contributed by atoms with E-state index in [0.717, 1.165) is 5.69 Å². The molecule has 0 spiro atoms. The average molecular weight is 273 g/mol. The highest BCUT2D eigenvalue weighted by atomic mass is 16.6. The van der Waals surface area contributed by atoms with E-state index >= 15 is 0 Å². The highest BCUT2D eigenvalue weighted by Crippen LogP contribution is 2.26. The quantitative estimate of drug-likeness (QED) is 0.687. The predicted molar refractivity (Wildman–Crippen MR) is 75.8 cm³/mol. The van der Waals surface area contributed by atoms with Gasteiger partial charge >= 0.3 is 0 Å². The van der Waals surface area contributed by atoms with Crippen LogP contribution < -0.4 is 5.56 Å². The van der Waals surface area contributed by atoms with E-state index in [0.29, 0.717) is 11.3 Å². The third kappa shape index (κ3) is 2.59. The Kier molecular flexibility index (Phi) is 3.65. The molecule has 1 N–H and O–H groups in total. The Morgan fingerprint density at radius 3 is 2.55 bits per heavy atom. The van der Waals surface area contributed by atoms with Gasteiger partial charge in [0, 0.05) is 29.4 Å². The number of rotatable bonds is 3. The summed E-state index contributed by atoms with van der Waals surface area (Å²) in [6.07, 6.45) is 1.54. The number of hydrogen-bond donors (Lipinski definition) is 1. The van der Waals surface area contributed by atoms with Gasteiger partial charge in [-0.1, -0.05) is 19.9 Å². The molecule has 0 bridgehead atoms. The standard InChI is InChI=1S/C14H15N3O3/c1-8(2)13-12(17(19)20)6-11(14(18)16-13)10-5-4-9(3)15-7-10/h4-8H,1-3H3,(H,16,18). The number of H-pyrrole nitrogens is 1. The van der Waals surface area contributed by atoms with Crippen LogP contribution in [0.25, 0.3) is 11.1 Å². The first-order chi connectivity index (χ1) is 9.40. The van der Waals surface area contributed by atoms with Gasteiger partial charge in [-0.2, -0.15) is 0 Å². The smallest absolute Gasteiger partial charge is 0.289 e. The summed E-state index contributed by atoms with van der Waals surface area (Å²) in [7, 11) is 0. The Labute approximate surface area is 115 Å².